The van der Waals surface area contributed by atoms with E-state index < -0.39 is 28.8 Å². The highest BCUT2D eigenvalue weighted by Gasteiger charge is 2.45. The minimum atomic E-state index is -4.57. The van der Waals surface area contributed by atoms with E-state index in [9.17, 15) is 21.6 Å². The average molecular weight is 309 g/mol. The number of nitrogens with zero attached hydrogens (tertiary/aromatic N) is 2. The largest absolute Gasteiger partial charge is 0.402 e. The van der Waals surface area contributed by atoms with E-state index in [1.54, 1.807) is 0 Å². The van der Waals surface area contributed by atoms with Gasteiger partial charge in [-0.05, 0) is 18.9 Å². The van der Waals surface area contributed by atoms with Crippen LogP contribution in [0.4, 0.5) is 18.9 Å². The molecule has 1 aromatic heterocycles. The Labute approximate surface area is 114 Å². The summed E-state index contributed by atoms with van der Waals surface area (Å²) in [6.07, 6.45) is -1.24. The lowest BCUT2D eigenvalue weighted by Crippen LogP contribution is -2.40. The minimum absolute atomic E-state index is 0.229. The van der Waals surface area contributed by atoms with Crippen molar-refractivity contribution in [3.8, 4) is 0 Å². The number of hydrogen-bond donors (Lipinski definition) is 1. The van der Waals surface area contributed by atoms with Crippen LogP contribution in [0, 0.1) is 0 Å². The molecule has 0 spiro atoms. The van der Waals surface area contributed by atoms with Gasteiger partial charge in [0.25, 0.3) is 0 Å². The van der Waals surface area contributed by atoms with Crippen molar-refractivity contribution in [2.75, 3.05) is 18.9 Å². The number of sulfonamides is 1. The maximum Gasteiger partial charge on any atom is 0.402 e. The number of nitrogens with one attached hydrogen (secondary N) is 1. The summed E-state index contributed by atoms with van der Waals surface area (Å²) in [6.45, 7) is -1.47. The maximum atomic E-state index is 12.6. The third kappa shape index (κ3) is 3.21. The van der Waals surface area contributed by atoms with Crippen molar-refractivity contribution in [1.29, 1.82) is 0 Å². The van der Waals surface area contributed by atoms with Gasteiger partial charge >= 0.3 is 6.18 Å². The van der Waals surface area contributed by atoms with Gasteiger partial charge < -0.3 is 5.32 Å². The van der Waals surface area contributed by atoms with E-state index in [0.717, 1.165) is 6.20 Å². The van der Waals surface area contributed by atoms with Crippen LogP contribution in [0.25, 0.3) is 0 Å². The smallest absolute Gasteiger partial charge is 0.387 e. The Morgan fingerprint density at radius 2 is 2.10 bits per heavy atom. The van der Waals surface area contributed by atoms with Gasteiger partial charge in [-0.1, -0.05) is 0 Å². The fraction of sp³-hybridized carbons (Fsp3) is 0.545. The first kappa shape index (κ1) is 15.0. The number of pyridine rings is 1. The molecule has 2 rings (SSSR count). The molecule has 1 aromatic rings. The number of halogens is 3. The van der Waals surface area contributed by atoms with Crippen molar-refractivity contribution >= 4 is 15.7 Å². The quantitative estimate of drug-likeness (QED) is 0.901. The van der Waals surface area contributed by atoms with Gasteiger partial charge in [0.1, 0.15) is 11.4 Å². The molecule has 1 fully saturated rings. The van der Waals surface area contributed by atoms with E-state index in [1.165, 1.54) is 19.3 Å². The second kappa shape index (κ2) is 5.21. The van der Waals surface area contributed by atoms with Crippen molar-refractivity contribution in [3.05, 3.63) is 18.5 Å². The van der Waals surface area contributed by atoms with Gasteiger partial charge in [0.05, 0.1) is 5.69 Å². The predicted molar refractivity (Wildman–Crippen MR) is 66.8 cm³/mol. The average Bonchev–Trinajstić information content (AvgIpc) is 3.19. The topological polar surface area (TPSA) is 62.3 Å². The van der Waals surface area contributed by atoms with Crippen LogP contribution in [0.5, 0.6) is 0 Å². The third-order valence-corrected chi connectivity index (χ3v) is 4.86. The minimum Gasteiger partial charge on any atom is -0.387 e. The van der Waals surface area contributed by atoms with Crippen LogP contribution < -0.4 is 5.32 Å². The molecule has 112 valence electrons. The second-order valence-corrected chi connectivity index (χ2v) is 6.38. The highest BCUT2D eigenvalue weighted by Crippen LogP contribution is 2.36. The maximum absolute atomic E-state index is 12.6. The monoisotopic (exact) mass is 309 g/mol. The number of alkyl halides is 3. The SMILES string of the molecule is CNc1ccncc1S(=O)(=O)N(CC(F)(F)F)C1CC1. The van der Waals surface area contributed by atoms with Crippen molar-refractivity contribution in [3.63, 3.8) is 0 Å². The van der Waals surface area contributed by atoms with Gasteiger partial charge in [-0.2, -0.15) is 17.5 Å². The summed E-state index contributed by atoms with van der Waals surface area (Å²) < 4.78 is 63.1. The highest BCUT2D eigenvalue weighted by atomic mass is 32.2. The fourth-order valence-electron chi connectivity index (χ4n) is 1.87. The first-order valence-corrected chi connectivity index (χ1v) is 7.40. The van der Waals surface area contributed by atoms with Crippen LogP contribution in [-0.4, -0.2) is 43.5 Å². The lowest BCUT2D eigenvalue weighted by molar-refractivity contribution is -0.137. The molecule has 0 amide bonds. The summed E-state index contributed by atoms with van der Waals surface area (Å²) in [5.74, 6) is 0. The lowest BCUT2D eigenvalue weighted by atomic mass is 10.4. The highest BCUT2D eigenvalue weighted by molar-refractivity contribution is 7.89. The van der Waals surface area contributed by atoms with Crippen LogP contribution in [-0.2, 0) is 10.0 Å². The molecule has 1 N–H and O–H groups in total. The van der Waals surface area contributed by atoms with E-state index in [-0.39, 0.29) is 10.6 Å². The van der Waals surface area contributed by atoms with Crippen LogP contribution in [0.15, 0.2) is 23.4 Å². The molecular weight excluding hydrogens is 295 g/mol. The van der Waals surface area contributed by atoms with Gasteiger partial charge in [-0.15, -0.1) is 0 Å². The van der Waals surface area contributed by atoms with Crippen LogP contribution >= 0.6 is 0 Å². The van der Waals surface area contributed by atoms with Crippen LogP contribution in [0.2, 0.25) is 0 Å². The van der Waals surface area contributed by atoms with E-state index in [4.69, 9.17) is 0 Å². The van der Waals surface area contributed by atoms with Crippen molar-refractivity contribution in [2.45, 2.75) is 30.0 Å². The third-order valence-electron chi connectivity index (χ3n) is 2.93. The van der Waals surface area contributed by atoms with E-state index >= 15 is 0 Å². The van der Waals surface area contributed by atoms with E-state index in [0.29, 0.717) is 17.1 Å². The number of rotatable bonds is 5. The molecule has 0 aromatic carbocycles. The summed E-state index contributed by atoms with van der Waals surface area (Å²) in [4.78, 5) is 3.45. The Morgan fingerprint density at radius 3 is 2.60 bits per heavy atom. The normalized spacial score (nSPS) is 16.4. The fourth-order valence-corrected chi connectivity index (χ4v) is 3.68. The van der Waals surface area contributed by atoms with Gasteiger partial charge in [0, 0.05) is 25.5 Å². The molecule has 1 aliphatic carbocycles. The van der Waals surface area contributed by atoms with Gasteiger partial charge in [0.15, 0.2) is 0 Å². The first-order chi connectivity index (χ1) is 9.25. The molecule has 0 atom stereocenters. The van der Waals surface area contributed by atoms with Gasteiger partial charge in [-0.25, -0.2) is 8.42 Å². The molecule has 9 heteroatoms. The molecule has 1 heterocycles. The zero-order valence-corrected chi connectivity index (χ0v) is 11.5. The van der Waals surface area contributed by atoms with Crippen molar-refractivity contribution < 1.29 is 21.6 Å². The molecule has 1 aliphatic rings. The van der Waals surface area contributed by atoms with Crippen LogP contribution in [0.1, 0.15) is 12.8 Å². The molecule has 0 radical (unpaired) electrons. The van der Waals surface area contributed by atoms with E-state index in [1.807, 2.05) is 0 Å². The van der Waals surface area contributed by atoms with Crippen LogP contribution in [0.3, 0.4) is 0 Å². The van der Waals surface area contributed by atoms with Gasteiger partial charge in [-0.3, -0.25) is 4.98 Å². The molecule has 20 heavy (non-hydrogen) atoms. The molecule has 0 aliphatic heterocycles. The Morgan fingerprint density at radius 1 is 1.45 bits per heavy atom. The molecule has 0 bridgehead atoms. The Balaban J connectivity index is 2.40. The Bertz CT molecular complexity index is 585. The number of hydrogen-bond acceptors (Lipinski definition) is 4. The first-order valence-electron chi connectivity index (χ1n) is 5.96. The summed E-state index contributed by atoms with van der Waals surface area (Å²) >= 11 is 0. The Hall–Kier alpha value is -1.35. The zero-order valence-electron chi connectivity index (χ0n) is 10.7. The zero-order chi connectivity index (χ0) is 15.0. The molecule has 0 unspecified atom stereocenters. The molecular formula is C11H14F3N3O2S. The summed E-state index contributed by atoms with van der Waals surface area (Å²) in [6, 6.07) is 0.831. The van der Waals surface area contributed by atoms with Crippen molar-refractivity contribution in [2.24, 2.45) is 0 Å². The standard InChI is InChI=1S/C11H14F3N3O2S/c1-15-9-4-5-16-6-10(9)20(18,19)17(8-2-3-8)7-11(12,13)14/h4-6,8H,2-3,7H2,1H3,(H,15,16). The summed E-state index contributed by atoms with van der Waals surface area (Å²) in [5, 5.41) is 2.65. The van der Waals surface area contributed by atoms with Gasteiger partial charge in [0.2, 0.25) is 10.0 Å². The summed E-state index contributed by atoms with van der Waals surface area (Å²) in [5.41, 5.74) is 0.229. The Kier molecular flexibility index (Phi) is 3.92. The molecule has 5 nitrogen and oxygen atoms in total. The second-order valence-electron chi connectivity index (χ2n) is 4.52. The molecule has 1 saturated carbocycles. The predicted octanol–water partition coefficient (Wildman–Crippen LogP) is 1.84. The molecule has 0 saturated heterocycles. The van der Waals surface area contributed by atoms with E-state index in [2.05, 4.69) is 10.3 Å². The van der Waals surface area contributed by atoms with Crippen molar-refractivity contribution in [1.82, 2.24) is 9.29 Å². The number of aromatic nitrogens is 1. The summed E-state index contributed by atoms with van der Waals surface area (Å²) in [7, 11) is -2.73. The number of anilines is 1. The lowest BCUT2D eigenvalue weighted by Gasteiger charge is -2.24.